The van der Waals surface area contributed by atoms with Crippen molar-refractivity contribution in [2.24, 2.45) is 5.92 Å². The first kappa shape index (κ1) is 26.3. The minimum Gasteiger partial charge on any atom is -0.494 e. The van der Waals surface area contributed by atoms with Crippen molar-refractivity contribution in [2.75, 3.05) is 13.2 Å². The number of hydrogen-bond donors (Lipinski definition) is 1. The lowest BCUT2D eigenvalue weighted by molar-refractivity contribution is -0.152. The third-order valence-corrected chi connectivity index (χ3v) is 7.01. The average molecular weight is 467 g/mol. The van der Waals surface area contributed by atoms with Crippen LogP contribution in [0, 0.1) is 5.92 Å². The Kier molecular flexibility index (Phi) is 10.5. The largest absolute Gasteiger partial charge is 0.494 e. The summed E-state index contributed by atoms with van der Waals surface area (Å²) in [6.07, 6.45) is 10.5. The minimum atomic E-state index is -0.869. The summed E-state index contributed by atoms with van der Waals surface area (Å²) in [5.74, 6) is 0.721. The van der Waals surface area contributed by atoms with Crippen LogP contribution in [0.25, 0.3) is 11.1 Å². The molecule has 0 heterocycles. The molecule has 186 valence electrons. The predicted octanol–water partition coefficient (Wildman–Crippen LogP) is 7.42. The Labute approximate surface area is 205 Å². The van der Waals surface area contributed by atoms with Crippen LogP contribution in [-0.2, 0) is 15.1 Å². The normalized spacial score (nSPS) is 20.1. The Morgan fingerprint density at radius 2 is 1.41 bits per heavy atom. The molecule has 3 rings (SSSR count). The Bertz CT molecular complexity index is 848. The third-order valence-electron chi connectivity index (χ3n) is 7.01. The lowest BCUT2D eigenvalue weighted by Gasteiger charge is -2.35. The van der Waals surface area contributed by atoms with Gasteiger partial charge in [-0.15, -0.1) is 0 Å². The van der Waals surface area contributed by atoms with Crippen molar-refractivity contribution in [1.82, 2.24) is 0 Å². The van der Waals surface area contributed by atoms with Crippen molar-refractivity contribution in [1.29, 1.82) is 0 Å². The highest BCUT2D eigenvalue weighted by molar-refractivity contribution is 5.72. The standard InChI is InChI=1S/C30H42O4/c1-3-5-7-8-9-23-34-29(31)26-18-20-30(32,21-19-26)27-14-10-24(11-15-27)25-12-16-28(17-13-25)33-22-6-4-2/h10-17,26,32H,3-9,18-23H2,1-2H3. The number of benzene rings is 2. The summed E-state index contributed by atoms with van der Waals surface area (Å²) in [4.78, 5) is 12.4. The molecule has 1 aliphatic carbocycles. The van der Waals surface area contributed by atoms with E-state index in [0.717, 1.165) is 54.7 Å². The van der Waals surface area contributed by atoms with Gasteiger partial charge in [0.05, 0.1) is 24.7 Å². The SMILES string of the molecule is CCCCCCCOC(=O)C1CCC(O)(c2ccc(-c3ccc(OCCCC)cc3)cc2)CC1. The lowest BCUT2D eigenvalue weighted by Crippen LogP contribution is -2.34. The maximum Gasteiger partial charge on any atom is 0.308 e. The molecular weight excluding hydrogens is 424 g/mol. The van der Waals surface area contributed by atoms with Gasteiger partial charge in [0.15, 0.2) is 0 Å². The highest BCUT2D eigenvalue weighted by atomic mass is 16.5. The van der Waals surface area contributed by atoms with E-state index >= 15 is 0 Å². The summed E-state index contributed by atoms with van der Waals surface area (Å²) in [6.45, 7) is 5.63. The monoisotopic (exact) mass is 466 g/mol. The van der Waals surface area contributed by atoms with Crippen molar-refractivity contribution in [2.45, 2.75) is 90.1 Å². The highest BCUT2D eigenvalue weighted by Gasteiger charge is 2.37. The maximum atomic E-state index is 12.4. The molecule has 0 spiro atoms. The van der Waals surface area contributed by atoms with Gasteiger partial charge in [-0.25, -0.2) is 0 Å². The number of ether oxygens (including phenoxy) is 2. The molecule has 4 heteroatoms. The van der Waals surface area contributed by atoms with Crippen LogP contribution >= 0.6 is 0 Å². The second kappa shape index (κ2) is 13.5. The molecule has 0 aromatic heterocycles. The minimum absolute atomic E-state index is 0.0880. The van der Waals surface area contributed by atoms with Crippen molar-refractivity contribution in [3.8, 4) is 16.9 Å². The fourth-order valence-electron chi connectivity index (χ4n) is 4.67. The van der Waals surface area contributed by atoms with E-state index in [-0.39, 0.29) is 11.9 Å². The molecule has 1 aliphatic rings. The van der Waals surface area contributed by atoms with E-state index in [9.17, 15) is 9.90 Å². The number of esters is 1. The number of rotatable bonds is 13. The van der Waals surface area contributed by atoms with Crippen LogP contribution in [-0.4, -0.2) is 24.3 Å². The van der Waals surface area contributed by atoms with Gasteiger partial charge >= 0.3 is 5.97 Å². The maximum absolute atomic E-state index is 12.4. The smallest absolute Gasteiger partial charge is 0.308 e. The summed E-state index contributed by atoms with van der Waals surface area (Å²) >= 11 is 0. The van der Waals surface area contributed by atoms with Crippen LogP contribution in [0.5, 0.6) is 5.75 Å². The molecular formula is C30H42O4. The molecule has 1 saturated carbocycles. The van der Waals surface area contributed by atoms with Gasteiger partial charge in [0, 0.05) is 0 Å². The van der Waals surface area contributed by atoms with Crippen LogP contribution in [0.2, 0.25) is 0 Å². The zero-order chi connectivity index (χ0) is 24.2. The molecule has 34 heavy (non-hydrogen) atoms. The molecule has 0 atom stereocenters. The number of hydrogen-bond acceptors (Lipinski definition) is 4. The first-order valence-corrected chi connectivity index (χ1v) is 13.3. The third kappa shape index (κ3) is 7.59. The Morgan fingerprint density at radius 3 is 2.03 bits per heavy atom. The van der Waals surface area contributed by atoms with Gasteiger partial charge in [-0.3, -0.25) is 4.79 Å². The predicted molar refractivity (Wildman–Crippen MR) is 138 cm³/mol. The number of aliphatic hydroxyl groups is 1. The molecule has 0 amide bonds. The summed E-state index contributed by atoms with van der Waals surface area (Å²) in [5.41, 5.74) is 2.30. The van der Waals surface area contributed by atoms with Crippen LogP contribution in [0.15, 0.2) is 48.5 Å². The fourth-order valence-corrected chi connectivity index (χ4v) is 4.67. The topological polar surface area (TPSA) is 55.8 Å². The van der Waals surface area contributed by atoms with Gasteiger partial charge in [0.2, 0.25) is 0 Å². The zero-order valence-electron chi connectivity index (χ0n) is 21.1. The molecule has 1 N–H and O–H groups in total. The first-order valence-electron chi connectivity index (χ1n) is 13.3. The molecule has 1 fully saturated rings. The van der Waals surface area contributed by atoms with Gasteiger partial charge in [-0.2, -0.15) is 0 Å². The van der Waals surface area contributed by atoms with Gasteiger partial charge < -0.3 is 14.6 Å². The lowest BCUT2D eigenvalue weighted by atomic mass is 9.75. The molecule has 0 unspecified atom stereocenters. The van der Waals surface area contributed by atoms with E-state index in [1.165, 1.54) is 19.3 Å². The van der Waals surface area contributed by atoms with E-state index < -0.39 is 5.60 Å². The van der Waals surface area contributed by atoms with E-state index in [0.29, 0.717) is 32.3 Å². The Hall–Kier alpha value is -2.33. The number of unbranched alkanes of at least 4 members (excludes halogenated alkanes) is 5. The van der Waals surface area contributed by atoms with E-state index in [1.807, 2.05) is 24.3 Å². The van der Waals surface area contributed by atoms with Crippen molar-refractivity contribution in [3.05, 3.63) is 54.1 Å². The van der Waals surface area contributed by atoms with Gasteiger partial charge in [0.1, 0.15) is 5.75 Å². The molecule has 0 aliphatic heterocycles. The van der Waals surface area contributed by atoms with Crippen LogP contribution in [0.1, 0.15) is 90.0 Å². The molecule has 2 aromatic rings. The molecule has 0 radical (unpaired) electrons. The van der Waals surface area contributed by atoms with Gasteiger partial charge in [0.25, 0.3) is 0 Å². The molecule has 0 bridgehead atoms. The Morgan fingerprint density at radius 1 is 0.824 bits per heavy atom. The fraction of sp³-hybridized carbons (Fsp3) is 0.567. The van der Waals surface area contributed by atoms with E-state index in [2.05, 4.69) is 38.1 Å². The summed E-state index contributed by atoms with van der Waals surface area (Å²) in [7, 11) is 0. The Balaban J connectivity index is 1.48. The van der Waals surface area contributed by atoms with Crippen molar-refractivity contribution >= 4 is 5.97 Å². The van der Waals surface area contributed by atoms with E-state index in [1.54, 1.807) is 0 Å². The number of carbonyl (C=O) groups excluding carboxylic acids is 1. The van der Waals surface area contributed by atoms with Crippen LogP contribution in [0.4, 0.5) is 0 Å². The average Bonchev–Trinajstić information content (AvgIpc) is 2.87. The molecule has 0 saturated heterocycles. The second-order valence-electron chi connectivity index (χ2n) is 9.69. The summed E-state index contributed by atoms with van der Waals surface area (Å²) in [5, 5.41) is 11.3. The van der Waals surface area contributed by atoms with Crippen molar-refractivity contribution in [3.63, 3.8) is 0 Å². The van der Waals surface area contributed by atoms with Gasteiger partial charge in [-0.1, -0.05) is 82.3 Å². The van der Waals surface area contributed by atoms with Crippen LogP contribution < -0.4 is 4.74 Å². The van der Waals surface area contributed by atoms with Crippen molar-refractivity contribution < 1.29 is 19.4 Å². The first-order chi connectivity index (χ1) is 16.6. The molecule has 4 nitrogen and oxygen atoms in total. The van der Waals surface area contributed by atoms with Crippen LogP contribution in [0.3, 0.4) is 0 Å². The number of carbonyl (C=O) groups is 1. The quantitative estimate of drug-likeness (QED) is 0.246. The second-order valence-corrected chi connectivity index (χ2v) is 9.69. The summed E-state index contributed by atoms with van der Waals surface area (Å²) in [6, 6.07) is 16.4. The van der Waals surface area contributed by atoms with Gasteiger partial charge in [-0.05, 0) is 67.3 Å². The molecule has 2 aromatic carbocycles. The highest BCUT2D eigenvalue weighted by Crippen LogP contribution is 2.40. The zero-order valence-corrected chi connectivity index (χ0v) is 21.1. The van der Waals surface area contributed by atoms with E-state index in [4.69, 9.17) is 9.47 Å². The summed E-state index contributed by atoms with van der Waals surface area (Å²) < 4.78 is 11.3.